The molecule has 1 N–H and O–H groups in total. The van der Waals surface area contributed by atoms with Gasteiger partial charge in [0.1, 0.15) is 0 Å². The van der Waals surface area contributed by atoms with Crippen molar-refractivity contribution < 1.29 is 0 Å². The SMILES string of the molecule is CCC(CC)(CCSc1ccccc1)CNCC(C)C. The second-order valence-electron chi connectivity index (χ2n) is 6.14. The first-order valence-corrected chi connectivity index (χ1v) is 8.99. The van der Waals surface area contributed by atoms with Crippen LogP contribution in [0.5, 0.6) is 0 Å². The lowest BCUT2D eigenvalue weighted by Crippen LogP contribution is -2.35. The Kier molecular flexibility index (Phi) is 8.32. The summed E-state index contributed by atoms with van der Waals surface area (Å²) >= 11 is 1.99. The van der Waals surface area contributed by atoms with Gasteiger partial charge in [-0.3, -0.25) is 0 Å². The van der Waals surface area contributed by atoms with E-state index in [-0.39, 0.29) is 0 Å². The standard InChI is InChI=1S/C18H31NS/c1-5-18(6-2,15-19-14-16(3)4)12-13-20-17-10-8-7-9-11-17/h7-11,16,19H,5-6,12-15H2,1-4H3. The van der Waals surface area contributed by atoms with E-state index in [4.69, 9.17) is 0 Å². The molecular weight excluding hydrogens is 262 g/mol. The molecule has 1 rings (SSSR count). The molecule has 20 heavy (non-hydrogen) atoms. The minimum Gasteiger partial charge on any atom is -0.316 e. The number of hydrogen-bond acceptors (Lipinski definition) is 2. The normalized spacial score (nSPS) is 12.1. The Bertz CT molecular complexity index is 344. The van der Waals surface area contributed by atoms with Crippen LogP contribution in [0.1, 0.15) is 47.0 Å². The maximum absolute atomic E-state index is 3.67. The molecule has 0 aliphatic rings. The fourth-order valence-corrected chi connectivity index (χ4v) is 3.59. The van der Waals surface area contributed by atoms with Crippen LogP contribution >= 0.6 is 11.8 Å². The molecule has 0 saturated heterocycles. The molecule has 0 radical (unpaired) electrons. The summed E-state index contributed by atoms with van der Waals surface area (Å²) in [6.45, 7) is 11.5. The van der Waals surface area contributed by atoms with Crippen molar-refractivity contribution in [3.63, 3.8) is 0 Å². The van der Waals surface area contributed by atoms with Gasteiger partial charge in [-0.05, 0) is 55.0 Å². The van der Waals surface area contributed by atoms with E-state index in [0.29, 0.717) is 5.41 Å². The van der Waals surface area contributed by atoms with Crippen molar-refractivity contribution >= 4 is 11.8 Å². The Morgan fingerprint density at radius 2 is 1.75 bits per heavy atom. The van der Waals surface area contributed by atoms with Gasteiger partial charge >= 0.3 is 0 Å². The molecule has 0 spiro atoms. The van der Waals surface area contributed by atoms with Crippen LogP contribution in [0.4, 0.5) is 0 Å². The van der Waals surface area contributed by atoms with Crippen LogP contribution in [0, 0.1) is 11.3 Å². The number of benzene rings is 1. The molecule has 1 aromatic carbocycles. The molecule has 0 atom stereocenters. The molecule has 0 heterocycles. The van der Waals surface area contributed by atoms with E-state index in [1.807, 2.05) is 11.8 Å². The van der Waals surface area contributed by atoms with E-state index in [1.165, 1.54) is 29.9 Å². The molecule has 1 aromatic rings. The quantitative estimate of drug-likeness (QED) is 0.593. The summed E-state index contributed by atoms with van der Waals surface area (Å²) < 4.78 is 0. The van der Waals surface area contributed by atoms with Crippen LogP contribution in [0.15, 0.2) is 35.2 Å². The van der Waals surface area contributed by atoms with E-state index in [9.17, 15) is 0 Å². The van der Waals surface area contributed by atoms with Crippen molar-refractivity contribution in [2.24, 2.45) is 11.3 Å². The average Bonchev–Trinajstić information content (AvgIpc) is 2.46. The highest BCUT2D eigenvalue weighted by Gasteiger charge is 2.25. The molecule has 0 bridgehead atoms. The number of rotatable bonds is 10. The minimum absolute atomic E-state index is 0.469. The van der Waals surface area contributed by atoms with Gasteiger partial charge in [0.15, 0.2) is 0 Å². The Morgan fingerprint density at radius 3 is 2.30 bits per heavy atom. The van der Waals surface area contributed by atoms with Gasteiger partial charge in [0.25, 0.3) is 0 Å². The van der Waals surface area contributed by atoms with Crippen LogP contribution in [0.2, 0.25) is 0 Å². The van der Waals surface area contributed by atoms with Crippen molar-refractivity contribution in [2.75, 3.05) is 18.8 Å². The lowest BCUT2D eigenvalue weighted by molar-refractivity contribution is 0.237. The third-order valence-corrected chi connectivity index (χ3v) is 5.21. The summed E-state index contributed by atoms with van der Waals surface area (Å²) in [6.07, 6.45) is 3.83. The summed E-state index contributed by atoms with van der Waals surface area (Å²) in [5.41, 5.74) is 0.469. The van der Waals surface area contributed by atoms with Gasteiger partial charge < -0.3 is 5.32 Å². The van der Waals surface area contributed by atoms with Gasteiger partial charge in [0, 0.05) is 11.4 Å². The van der Waals surface area contributed by atoms with Crippen LogP contribution < -0.4 is 5.32 Å². The Balaban J connectivity index is 2.41. The van der Waals surface area contributed by atoms with Crippen molar-refractivity contribution in [1.29, 1.82) is 0 Å². The molecule has 2 heteroatoms. The highest BCUT2D eigenvalue weighted by molar-refractivity contribution is 7.99. The molecule has 0 amide bonds. The molecule has 1 nitrogen and oxygen atoms in total. The largest absolute Gasteiger partial charge is 0.316 e. The summed E-state index contributed by atoms with van der Waals surface area (Å²) in [5, 5.41) is 3.67. The monoisotopic (exact) mass is 293 g/mol. The van der Waals surface area contributed by atoms with Gasteiger partial charge in [0.2, 0.25) is 0 Å². The van der Waals surface area contributed by atoms with Gasteiger partial charge in [-0.25, -0.2) is 0 Å². The molecular formula is C18H31NS. The molecule has 114 valence electrons. The smallest absolute Gasteiger partial charge is 0.00719 e. The average molecular weight is 294 g/mol. The third-order valence-electron chi connectivity index (χ3n) is 4.20. The predicted octanol–water partition coefficient (Wildman–Crippen LogP) is 5.22. The van der Waals surface area contributed by atoms with E-state index >= 15 is 0 Å². The summed E-state index contributed by atoms with van der Waals surface area (Å²) in [5.74, 6) is 1.95. The van der Waals surface area contributed by atoms with Gasteiger partial charge in [0.05, 0.1) is 0 Å². The van der Waals surface area contributed by atoms with Crippen molar-refractivity contribution in [2.45, 2.75) is 51.9 Å². The summed E-state index contributed by atoms with van der Waals surface area (Å²) in [6, 6.07) is 10.8. The summed E-state index contributed by atoms with van der Waals surface area (Å²) in [4.78, 5) is 1.39. The van der Waals surface area contributed by atoms with Crippen LogP contribution in [-0.4, -0.2) is 18.8 Å². The zero-order chi connectivity index (χ0) is 14.8. The van der Waals surface area contributed by atoms with Crippen LogP contribution in [0.3, 0.4) is 0 Å². The van der Waals surface area contributed by atoms with Crippen molar-refractivity contribution in [3.05, 3.63) is 30.3 Å². The van der Waals surface area contributed by atoms with Gasteiger partial charge in [-0.1, -0.05) is 45.9 Å². The predicted molar refractivity (Wildman–Crippen MR) is 92.5 cm³/mol. The number of hydrogen-bond donors (Lipinski definition) is 1. The molecule has 0 aromatic heterocycles. The number of nitrogens with one attached hydrogen (secondary N) is 1. The van der Waals surface area contributed by atoms with Crippen LogP contribution in [-0.2, 0) is 0 Å². The highest BCUT2D eigenvalue weighted by Crippen LogP contribution is 2.33. The summed E-state index contributed by atoms with van der Waals surface area (Å²) in [7, 11) is 0. The fraction of sp³-hybridized carbons (Fsp3) is 0.667. The molecule has 0 aliphatic heterocycles. The second kappa shape index (κ2) is 9.46. The first-order chi connectivity index (χ1) is 9.62. The van der Waals surface area contributed by atoms with Gasteiger partial charge in [-0.2, -0.15) is 0 Å². The maximum atomic E-state index is 3.67. The van der Waals surface area contributed by atoms with Gasteiger partial charge in [-0.15, -0.1) is 11.8 Å². The highest BCUT2D eigenvalue weighted by atomic mass is 32.2. The van der Waals surface area contributed by atoms with E-state index in [1.54, 1.807) is 0 Å². The van der Waals surface area contributed by atoms with E-state index < -0.39 is 0 Å². The van der Waals surface area contributed by atoms with Crippen molar-refractivity contribution in [3.8, 4) is 0 Å². The lowest BCUT2D eigenvalue weighted by Gasteiger charge is -2.32. The van der Waals surface area contributed by atoms with Crippen LogP contribution in [0.25, 0.3) is 0 Å². The van der Waals surface area contributed by atoms with E-state index in [0.717, 1.165) is 19.0 Å². The van der Waals surface area contributed by atoms with Crippen molar-refractivity contribution in [1.82, 2.24) is 5.32 Å². The second-order valence-corrected chi connectivity index (χ2v) is 7.31. The Morgan fingerprint density at radius 1 is 1.10 bits per heavy atom. The first kappa shape index (κ1) is 17.6. The maximum Gasteiger partial charge on any atom is 0.00719 e. The molecule has 0 aliphatic carbocycles. The zero-order valence-corrected chi connectivity index (χ0v) is 14.4. The molecule has 0 fully saturated rings. The fourth-order valence-electron chi connectivity index (χ4n) is 2.47. The third kappa shape index (κ3) is 6.32. The zero-order valence-electron chi connectivity index (χ0n) is 13.6. The van der Waals surface area contributed by atoms with E-state index in [2.05, 4.69) is 63.3 Å². The Hall–Kier alpha value is -0.470. The topological polar surface area (TPSA) is 12.0 Å². The number of thioether (sulfide) groups is 1. The lowest BCUT2D eigenvalue weighted by atomic mass is 9.79. The molecule has 0 unspecified atom stereocenters. The minimum atomic E-state index is 0.469. The molecule has 0 saturated carbocycles. The Labute approximate surface area is 129 Å². The first-order valence-electron chi connectivity index (χ1n) is 8.00.